The van der Waals surface area contributed by atoms with E-state index in [1.54, 1.807) is 28.0 Å². The molecule has 40 heavy (non-hydrogen) atoms. The molecule has 11 nitrogen and oxygen atoms in total. The van der Waals surface area contributed by atoms with Gasteiger partial charge in [0, 0.05) is 43.5 Å². The highest BCUT2D eigenvalue weighted by Gasteiger charge is 2.29. The van der Waals surface area contributed by atoms with Gasteiger partial charge < -0.3 is 15.1 Å². The average Bonchev–Trinajstić information content (AvgIpc) is 3.52. The first-order valence-corrected chi connectivity index (χ1v) is 12.9. The van der Waals surface area contributed by atoms with Gasteiger partial charge in [-0.05, 0) is 29.7 Å². The Bertz CT molecular complexity index is 1500. The van der Waals surface area contributed by atoms with Gasteiger partial charge in [0.15, 0.2) is 0 Å². The molecule has 4 aromatic rings. The Morgan fingerprint density at radius 2 is 2.05 bits per heavy atom. The Hall–Kier alpha value is -4.26. The van der Waals surface area contributed by atoms with Crippen LogP contribution in [0.2, 0.25) is 0 Å². The van der Waals surface area contributed by atoms with E-state index in [-0.39, 0.29) is 12.4 Å². The lowest BCUT2D eigenvalue weighted by atomic mass is 9.96. The van der Waals surface area contributed by atoms with Gasteiger partial charge in [-0.15, -0.1) is 10.2 Å². The Kier molecular flexibility index (Phi) is 7.57. The predicted molar refractivity (Wildman–Crippen MR) is 143 cm³/mol. The van der Waals surface area contributed by atoms with Crippen LogP contribution in [0.15, 0.2) is 47.3 Å². The van der Waals surface area contributed by atoms with Crippen molar-refractivity contribution in [2.24, 2.45) is 7.05 Å². The van der Waals surface area contributed by atoms with E-state index in [1.807, 2.05) is 52.2 Å². The van der Waals surface area contributed by atoms with Crippen molar-refractivity contribution >= 4 is 17.5 Å². The van der Waals surface area contributed by atoms with Gasteiger partial charge in [0.25, 0.3) is 6.43 Å². The van der Waals surface area contributed by atoms with Gasteiger partial charge in [0.2, 0.25) is 11.8 Å². The van der Waals surface area contributed by atoms with Crippen LogP contribution < -0.4 is 10.6 Å². The minimum Gasteiger partial charge on any atom is -0.416 e. The number of nitrogens with one attached hydrogen (secondary N) is 2. The lowest BCUT2D eigenvalue weighted by Gasteiger charge is -2.20. The van der Waals surface area contributed by atoms with E-state index in [4.69, 9.17) is 4.42 Å². The quantitative estimate of drug-likeness (QED) is 0.347. The molecular weight excluding hydrogens is 520 g/mol. The van der Waals surface area contributed by atoms with E-state index in [0.717, 1.165) is 22.4 Å². The third kappa shape index (κ3) is 6.30. The number of alkyl halides is 2. The maximum Gasteiger partial charge on any atom is 0.309 e. The summed E-state index contributed by atoms with van der Waals surface area (Å²) in [4.78, 5) is 23.6. The van der Waals surface area contributed by atoms with Crippen LogP contribution in [0.3, 0.4) is 0 Å². The van der Waals surface area contributed by atoms with E-state index in [0.29, 0.717) is 37.0 Å². The summed E-state index contributed by atoms with van der Waals surface area (Å²) in [7, 11) is 1.82. The van der Waals surface area contributed by atoms with Crippen LogP contribution in [-0.4, -0.2) is 60.3 Å². The summed E-state index contributed by atoms with van der Waals surface area (Å²) in [6, 6.07) is 7.09. The standard InChI is InChI=1S/C27H31F2N9O2/c1-27(2,3)25-36-35-24(40-25)23(39)33-21-8-10-38(15-22(28)29)13-17-11-16(5-6-19(17)21)20-7-9-30-26(34-20)32-18-12-31-37(4)14-18/h5-7,9,11-12,14,21-22H,8,10,13,15H2,1-4H3,(H,33,39)(H,30,32,34)/t21-/m0/s1. The van der Waals surface area contributed by atoms with Gasteiger partial charge in [-0.2, -0.15) is 5.10 Å². The summed E-state index contributed by atoms with van der Waals surface area (Å²) in [5.41, 5.74) is 3.47. The Morgan fingerprint density at radius 3 is 2.75 bits per heavy atom. The fourth-order valence-electron chi connectivity index (χ4n) is 4.56. The maximum atomic E-state index is 13.4. The monoisotopic (exact) mass is 551 g/mol. The number of aryl methyl sites for hydroxylation is 1. The molecule has 2 N–H and O–H groups in total. The Morgan fingerprint density at radius 1 is 1.23 bits per heavy atom. The number of fused-ring (bicyclic) bond motifs is 1. The second kappa shape index (κ2) is 11.1. The SMILES string of the molecule is Cn1cc(Nc2nccc(-c3ccc4c(c3)CN(CC(F)F)CC[C@@H]4NC(=O)c3nnc(C(C)(C)C)o3)n2)cn1. The first-order chi connectivity index (χ1) is 19.0. The van der Waals surface area contributed by atoms with Gasteiger partial charge in [0.05, 0.1) is 30.2 Å². The van der Waals surface area contributed by atoms with E-state index in [1.165, 1.54) is 0 Å². The number of rotatable bonds is 7. The molecule has 0 spiro atoms. The smallest absolute Gasteiger partial charge is 0.309 e. The molecule has 5 rings (SSSR count). The molecule has 1 atom stereocenters. The summed E-state index contributed by atoms with van der Waals surface area (Å²) in [5.74, 6) is 0.117. The highest BCUT2D eigenvalue weighted by Crippen LogP contribution is 2.31. The van der Waals surface area contributed by atoms with Crippen LogP contribution in [0.5, 0.6) is 0 Å². The molecule has 1 aliphatic heterocycles. The molecule has 0 fully saturated rings. The molecule has 13 heteroatoms. The van der Waals surface area contributed by atoms with Crippen molar-refractivity contribution in [2.45, 2.75) is 51.6 Å². The number of benzene rings is 1. The zero-order valence-corrected chi connectivity index (χ0v) is 22.7. The maximum absolute atomic E-state index is 13.4. The minimum atomic E-state index is -2.48. The van der Waals surface area contributed by atoms with Gasteiger partial charge in [-0.25, -0.2) is 18.7 Å². The van der Waals surface area contributed by atoms with Gasteiger partial charge in [-0.1, -0.05) is 32.9 Å². The molecule has 1 aliphatic rings. The number of hydrogen-bond acceptors (Lipinski definition) is 9. The largest absolute Gasteiger partial charge is 0.416 e. The molecule has 0 saturated carbocycles. The number of aromatic nitrogens is 6. The summed E-state index contributed by atoms with van der Waals surface area (Å²) in [6.45, 7) is 6.05. The van der Waals surface area contributed by atoms with E-state index >= 15 is 0 Å². The molecule has 0 bridgehead atoms. The third-order valence-electron chi connectivity index (χ3n) is 6.52. The second-order valence-corrected chi connectivity index (χ2v) is 10.8. The van der Waals surface area contributed by atoms with Crippen molar-refractivity contribution in [1.29, 1.82) is 0 Å². The molecule has 0 saturated heterocycles. The molecule has 0 radical (unpaired) electrons. The van der Waals surface area contributed by atoms with Crippen LogP contribution in [0.1, 0.15) is 60.9 Å². The van der Waals surface area contributed by atoms with Crippen molar-refractivity contribution in [3.8, 4) is 11.3 Å². The average molecular weight is 552 g/mol. The Balaban J connectivity index is 1.42. The molecule has 0 unspecified atom stereocenters. The molecule has 0 aliphatic carbocycles. The fraction of sp³-hybridized carbons (Fsp3) is 0.407. The van der Waals surface area contributed by atoms with Gasteiger partial charge >= 0.3 is 11.8 Å². The van der Waals surface area contributed by atoms with Crippen LogP contribution in [0.4, 0.5) is 20.4 Å². The lowest BCUT2D eigenvalue weighted by Crippen LogP contribution is -2.31. The number of anilines is 2. The van der Waals surface area contributed by atoms with Crippen LogP contribution in [0, 0.1) is 0 Å². The van der Waals surface area contributed by atoms with Crippen molar-refractivity contribution in [3.05, 3.63) is 65.8 Å². The van der Waals surface area contributed by atoms with E-state index in [9.17, 15) is 13.6 Å². The number of nitrogens with zero attached hydrogens (tertiary/aromatic N) is 7. The summed E-state index contributed by atoms with van der Waals surface area (Å²) >= 11 is 0. The van der Waals surface area contributed by atoms with Crippen molar-refractivity contribution in [2.75, 3.05) is 18.4 Å². The first-order valence-electron chi connectivity index (χ1n) is 12.9. The molecule has 1 aromatic carbocycles. The number of amides is 1. The summed E-state index contributed by atoms with van der Waals surface area (Å²) < 4.78 is 34.0. The fourth-order valence-corrected chi connectivity index (χ4v) is 4.56. The normalized spacial score (nSPS) is 16.0. The highest BCUT2D eigenvalue weighted by molar-refractivity contribution is 5.89. The van der Waals surface area contributed by atoms with Gasteiger partial charge in [-0.3, -0.25) is 14.4 Å². The predicted octanol–water partition coefficient (Wildman–Crippen LogP) is 4.24. The molecule has 210 valence electrons. The zero-order chi connectivity index (χ0) is 28.4. The lowest BCUT2D eigenvalue weighted by molar-refractivity contribution is 0.0819. The van der Waals surface area contributed by atoms with Crippen LogP contribution in [-0.2, 0) is 19.0 Å². The minimum absolute atomic E-state index is 0.133. The number of halogens is 2. The summed E-state index contributed by atoms with van der Waals surface area (Å²) in [6.07, 6.45) is 3.09. The zero-order valence-electron chi connectivity index (χ0n) is 22.7. The molecule has 1 amide bonds. The van der Waals surface area contributed by atoms with Crippen molar-refractivity contribution in [3.63, 3.8) is 0 Å². The summed E-state index contributed by atoms with van der Waals surface area (Å²) in [5, 5.41) is 18.1. The van der Waals surface area contributed by atoms with E-state index in [2.05, 4.69) is 35.9 Å². The molecular formula is C27H31F2N9O2. The topological polar surface area (TPSA) is 127 Å². The third-order valence-corrected chi connectivity index (χ3v) is 6.52. The van der Waals surface area contributed by atoms with Crippen LogP contribution >= 0.6 is 0 Å². The molecule has 3 aromatic heterocycles. The van der Waals surface area contributed by atoms with E-state index < -0.39 is 23.8 Å². The second-order valence-electron chi connectivity index (χ2n) is 10.8. The van der Waals surface area contributed by atoms with Gasteiger partial charge in [0.1, 0.15) is 0 Å². The highest BCUT2D eigenvalue weighted by atomic mass is 19.3. The number of carbonyl (C=O) groups is 1. The molecule has 4 heterocycles. The number of carbonyl (C=O) groups excluding carboxylic acids is 1. The number of hydrogen-bond donors (Lipinski definition) is 2. The Labute approximate surface area is 230 Å². The van der Waals surface area contributed by atoms with Crippen molar-refractivity contribution < 1.29 is 18.0 Å². The van der Waals surface area contributed by atoms with Crippen molar-refractivity contribution in [1.82, 2.24) is 40.2 Å². The first kappa shape index (κ1) is 27.3. The van der Waals surface area contributed by atoms with Crippen LogP contribution in [0.25, 0.3) is 11.3 Å².